The largest absolute Gasteiger partial charge is 0.466 e. The summed E-state index contributed by atoms with van der Waals surface area (Å²) in [5, 5.41) is 0. The summed E-state index contributed by atoms with van der Waals surface area (Å²) >= 11 is 0. The predicted octanol–water partition coefficient (Wildman–Crippen LogP) is 2.41. The third-order valence-corrected chi connectivity index (χ3v) is 4.91. The maximum Gasteiger partial charge on any atom is 0.410 e. The Morgan fingerprint density at radius 3 is 2.32 bits per heavy atom. The first-order valence-electron chi connectivity index (χ1n) is 8.74. The summed E-state index contributed by atoms with van der Waals surface area (Å²) in [7, 11) is 0. The van der Waals surface area contributed by atoms with Crippen molar-refractivity contribution in [1.29, 1.82) is 0 Å². The maximum absolute atomic E-state index is 12.4. The van der Waals surface area contributed by atoms with E-state index in [9.17, 15) is 14.4 Å². The number of benzene rings is 1. The zero-order chi connectivity index (χ0) is 17.8. The van der Waals surface area contributed by atoms with Crippen molar-refractivity contribution in [1.82, 2.24) is 4.90 Å². The summed E-state index contributed by atoms with van der Waals surface area (Å²) < 4.78 is 10.5. The van der Waals surface area contributed by atoms with Gasteiger partial charge in [-0.1, -0.05) is 30.3 Å². The van der Waals surface area contributed by atoms with Crippen molar-refractivity contribution in [3.63, 3.8) is 0 Å². The molecule has 0 aromatic heterocycles. The van der Waals surface area contributed by atoms with Crippen molar-refractivity contribution in [2.75, 3.05) is 19.7 Å². The highest BCUT2D eigenvalue weighted by atomic mass is 16.6. The minimum absolute atomic E-state index is 0.160. The normalized spacial score (nSPS) is 25.4. The fraction of sp³-hybridized carbons (Fsp3) is 0.526. The lowest BCUT2D eigenvalue weighted by Crippen LogP contribution is -2.53. The van der Waals surface area contributed by atoms with Gasteiger partial charge in [0.05, 0.1) is 12.5 Å². The summed E-state index contributed by atoms with van der Waals surface area (Å²) in [6.07, 6.45) is 0.508. The average Bonchev–Trinajstić information content (AvgIpc) is 2.60. The van der Waals surface area contributed by atoms with Gasteiger partial charge in [0.2, 0.25) is 0 Å². The van der Waals surface area contributed by atoms with Crippen LogP contribution in [0, 0.1) is 17.8 Å². The Bertz CT molecular complexity index is 626. The Morgan fingerprint density at radius 1 is 1.08 bits per heavy atom. The summed E-state index contributed by atoms with van der Waals surface area (Å²) in [4.78, 5) is 38.2. The first-order valence-corrected chi connectivity index (χ1v) is 8.74. The van der Waals surface area contributed by atoms with Gasteiger partial charge in [-0.15, -0.1) is 0 Å². The molecule has 1 amide bonds. The number of amides is 1. The Morgan fingerprint density at radius 2 is 1.72 bits per heavy atom. The van der Waals surface area contributed by atoms with E-state index in [2.05, 4.69) is 0 Å². The van der Waals surface area contributed by atoms with Crippen LogP contribution in [0.15, 0.2) is 30.3 Å². The SMILES string of the molecule is CCOC(=O)C1CC2CN(C(=O)OCc3ccccc3)CC(C1)C2=O. The molecule has 3 rings (SSSR count). The zero-order valence-corrected chi connectivity index (χ0v) is 14.3. The molecular weight excluding hydrogens is 322 g/mol. The summed E-state index contributed by atoms with van der Waals surface area (Å²) in [6, 6.07) is 9.48. The third-order valence-electron chi connectivity index (χ3n) is 4.91. The van der Waals surface area contributed by atoms with Gasteiger partial charge in [0.1, 0.15) is 12.4 Å². The van der Waals surface area contributed by atoms with E-state index in [-0.39, 0.29) is 36.1 Å². The first kappa shape index (κ1) is 17.5. The van der Waals surface area contributed by atoms with Crippen LogP contribution in [-0.2, 0) is 25.7 Å². The highest BCUT2D eigenvalue weighted by Gasteiger charge is 2.45. The molecule has 2 atom stereocenters. The van der Waals surface area contributed by atoms with E-state index >= 15 is 0 Å². The standard InChI is InChI=1S/C19H23NO5/c1-2-24-18(22)14-8-15-10-20(11-16(9-14)17(15)21)19(23)25-12-13-6-4-3-5-7-13/h3-7,14-16H,2,8-12H2,1H3. The van der Waals surface area contributed by atoms with Gasteiger partial charge in [0.25, 0.3) is 0 Å². The predicted molar refractivity (Wildman–Crippen MR) is 89.5 cm³/mol. The quantitative estimate of drug-likeness (QED) is 0.784. The number of carbonyl (C=O) groups excluding carboxylic acids is 3. The van der Waals surface area contributed by atoms with E-state index in [1.807, 2.05) is 30.3 Å². The molecule has 6 heteroatoms. The van der Waals surface area contributed by atoms with Gasteiger partial charge in [0.15, 0.2) is 0 Å². The molecule has 2 unspecified atom stereocenters. The molecule has 2 aliphatic rings. The molecule has 1 aliphatic heterocycles. The average molecular weight is 345 g/mol. The fourth-order valence-corrected chi connectivity index (χ4v) is 3.70. The minimum atomic E-state index is -0.402. The number of Topliss-reactive ketones (excluding diaryl/α,β-unsaturated/α-hetero) is 1. The van der Waals surface area contributed by atoms with Gasteiger partial charge in [-0.05, 0) is 25.3 Å². The molecule has 1 saturated heterocycles. The van der Waals surface area contributed by atoms with Crippen LogP contribution in [0.5, 0.6) is 0 Å². The van der Waals surface area contributed by atoms with Crippen molar-refractivity contribution in [2.45, 2.75) is 26.4 Å². The lowest BCUT2D eigenvalue weighted by Gasteiger charge is -2.41. The molecule has 1 saturated carbocycles. The van der Waals surface area contributed by atoms with E-state index in [1.165, 1.54) is 0 Å². The van der Waals surface area contributed by atoms with Gasteiger partial charge in [0, 0.05) is 24.9 Å². The maximum atomic E-state index is 12.4. The Labute approximate surface area is 147 Å². The first-order chi connectivity index (χ1) is 12.1. The molecule has 1 aliphatic carbocycles. The van der Waals surface area contributed by atoms with Crippen molar-refractivity contribution in [3.8, 4) is 0 Å². The number of piperidine rings is 1. The van der Waals surface area contributed by atoms with Crippen LogP contribution in [0.25, 0.3) is 0 Å². The van der Waals surface area contributed by atoms with Crippen LogP contribution >= 0.6 is 0 Å². The molecule has 2 fully saturated rings. The molecule has 1 heterocycles. The van der Waals surface area contributed by atoms with E-state index < -0.39 is 6.09 Å². The number of esters is 1. The Hall–Kier alpha value is -2.37. The Kier molecular flexibility index (Phi) is 5.36. The highest BCUT2D eigenvalue weighted by Crippen LogP contribution is 2.36. The van der Waals surface area contributed by atoms with Gasteiger partial charge >= 0.3 is 12.1 Å². The second-order valence-electron chi connectivity index (χ2n) is 6.66. The molecule has 0 spiro atoms. The number of ether oxygens (including phenoxy) is 2. The molecule has 1 aromatic rings. The summed E-state index contributed by atoms with van der Waals surface area (Å²) in [5.41, 5.74) is 0.923. The van der Waals surface area contributed by atoms with Crippen LogP contribution in [0.4, 0.5) is 4.79 Å². The highest BCUT2D eigenvalue weighted by molar-refractivity contribution is 5.89. The van der Waals surface area contributed by atoms with E-state index in [0.29, 0.717) is 32.5 Å². The van der Waals surface area contributed by atoms with E-state index in [1.54, 1.807) is 11.8 Å². The minimum Gasteiger partial charge on any atom is -0.466 e. The van der Waals surface area contributed by atoms with Crippen LogP contribution in [-0.4, -0.2) is 42.4 Å². The number of carbonyl (C=O) groups is 3. The number of likely N-dealkylation sites (tertiary alicyclic amines) is 1. The number of fused-ring (bicyclic) bond motifs is 2. The van der Waals surface area contributed by atoms with Crippen molar-refractivity contribution in [3.05, 3.63) is 35.9 Å². The third kappa shape index (κ3) is 4.00. The lowest BCUT2D eigenvalue weighted by atomic mass is 9.71. The van der Waals surface area contributed by atoms with Gasteiger partial charge in [-0.25, -0.2) is 4.79 Å². The molecule has 134 valence electrons. The second-order valence-corrected chi connectivity index (χ2v) is 6.66. The number of hydrogen-bond acceptors (Lipinski definition) is 5. The zero-order valence-electron chi connectivity index (χ0n) is 14.3. The smallest absolute Gasteiger partial charge is 0.410 e. The molecule has 0 radical (unpaired) electrons. The topological polar surface area (TPSA) is 72.9 Å². The van der Waals surface area contributed by atoms with Gasteiger partial charge < -0.3 is 14.4 Å². The van der Waals surface area contributed by atoms with Crippen molar-refractivity contribution in [2.24, 2.45) is 17.8 Å². The molecule has 2 bridgehead atoms. The molecule has 6 nitrogen and oxygen atoms in total. The lowest BCUT2D eigenvalue weighted by molar-refractivity contribution is -0.153. The van der Waals surface area contributed by atoms with Crippen molar-refractivity contribution >= 4 is 17.8 Å². The molecule has 0 N–H and O–H groups in total. The fourth-order valence-electron chi connectivity index (χ4n) is 3.70. The molecular formula is C19H23NO5. The van der Waals surface area contributed by atoms with Gasteiger partial charge in [-0.2, -0.15) is 0 Å². The van der Waals surface area contributed by atoms with Crippen molar-refractivity contribution < 1.29 is 23.9 Å². The molecule has 25 heavy (non-hydrogen) atoms. The number of rotatable bonds is 4. The monoisotopic (exact) mass is 345 g/mol. The van der Waals surface area contributed by atoms with Gasteiger partial charge in [-0.3, -0.25) is 9.59 Å². The number of nitrogens with zero attached hydrogens (tertiary/aromatic N) is 1. The second kappa shape index (κ2) is 7.68. The van der Waals surface area contributed by atoms with E-state index in [0.717, 1.165) is 5.56 Å². The molecule has 1 aromatic carbocycles. The van der Waals surface area contributed by atoms with Crippen LogP contribution in [0.2, 0.25) is 0 Å². The van der Waals surface area contributed by atoms with E-state index in [4.69, 9.17) is 9.47 Å². The van der Waals surface area contributed by atoms with Crippen LogP contribution in [0.1, 0.15) is 25.3 Å². The summed E-state index contributed by atoms with van der Waals surface area (Å²) in [5.74, 6) is -0.912. The summed E-state index contributed by atoms with van der Waals surface area (Å²) in [6.45, 7) is 2.97. The Balaban J connectivity index is 1.57. The van der Waals surface area contributed by atoms with Crippen LogP contribution < -0.4 is 0 Å². The van der Waals surface area contributed by atoms with Crippen LogP contribution in [0.3, 0.4) is 0 Å². The number of ketones is 1. The number of hydrogen-bond donors (Lipinski definition) is 0.